The Labute approximate surface area is 150 Å². The van der Waals surface area contributed by atoms with E-state index in [2.05, 4.69) is 15.8 Å². The number of para-hydroxylation sites is 2. The third-order valence-electron chi connectivity index (χ3n) is 4.10. The molecule has 134 valence electrons. The highest BCUT2D eigenvalue weighted by Gasteiger charge is 2.11. The van der Waals surface area contributed by atoms with Crippen molar-refractivity contribution in [2.75, 3.05) is 5.43 Å². The number of phenolic OH excluding ortho intramolecular Hbond substituents is 1. The van der Waals surface area contributed by atoms with Gasteiger partial charge in [-0.1, -0.05) is 30.3 Å². The molecule has 1 heterocycles. The molecule has 3 aromatic rings. The number of phenols is 1. The van der Waals surface area contributed by atoms with Crippen LogP contribution in [-0.2, 0) is 17.8 Å². The first kappa shape index (κ1) is 17.5. The Hall–Kier alpha value is -3.35. The van der Waals surface area contributed by atoms with Gasteiger partial charge in [-0.3, -0.25) is 25.0 Å². The Bertz CT molecular complexity index is 997. The number of benzene rings is 2. The van der Waals surface area contributed by atoms with Crippen LogP contribution >= 0.6 is 0 Å². The highest BCUT2D eigenvalue weighted by molar-refractivity contribution is 5.80. The molecule has 3 N–H and O–H groups in total. The molecule has 3 rings (SSSR count). The Balaban J connectivity index is 1.70. The van der Waals surface area contributed by atoms with E-state index in [4.69, 9.17) is 0 Å². The number of fused-ring (bicyclic) bond motifs is 1. The number of aromatic hydroxyl groups is 1. The van der Waals surface area contributed by atoms with E-state index in [1.165, 1.54) is 4.57 Å². The van der Waals surface area contributed by atoms with Gasteiger partial charge in [0.15, 0.2) is 0 Å². The van der Waals surface area contributed by atoms with Crippen LogP contribution < -0.4 is 16.4 Å². The number of rotatable bonds is 6. The van der Waals surface area contributed by atoms with E-state index in [1.807, 2.05) is 13.0 Å². The average molecular weight is 352 g/mol. The monoisotopic (exact) mass is 352 g/mol. The summed E-state index contributed by atoms with van der Waals surface area (Å²) in [5, 5.41) is 10.3. The molecule has 0 aliphatic heterocycles. The standard InChI is InChI=1S/C19H20N4O3/c1-2-23-18(26)14-8-4-5-9-15(14)20-19(23)22-21-17(25)12-11-13-7-3-6-10-16(13)24/h3-10,24H,2,11-12H2,1H3,(H,20,22)(H,21,25). The first-order chi connectivity index (χ1) is 12.6. The molecule has 0 unspecified atom stereocenters. The van der Waals surface area contributed by atoms with Crippen LogP contribution in [0, 0.1) is 0 Å². The predicted octanol–water partition coefficient (Wildman–Crippen LogP) is 2.20. The summed E-state index contributed by atoms with van der Waals surface area (Å²) in [7, 11) is 0. The molecule has 7 nitrogen and oxygen atoms in total. The first-order valence-corrected chi connectivity index (χ1v) is 8.41. The number of nitrogens with zero attached hydrogens (tertiary/aromatic N) is 2. The zero-order valence-electron chi connectivity index (χ0n) is 14.4. The molecule has 0 radical (unpaired) electrons. The fourth-order valence-corrected chi connectivity index (χ4v) is 2.72. The van der Waals surface area contributed by atoms with Gasteiger partial charge < -0.3 is 5.11 Å². The topological polar surface area (TPSA) is 96.2 Å². The van der Waals surface area contributed by atoms with Gasteiger partial charge in [0, 0.05) is 13.0 Å². The number of carbonyl (C=O) groups excluding carboxylic acids is 1. The summed E-state index contributed by atoms with van der Waals surface area (Å²) in [5.41, 5.74) is 6.41. The number of hydrazine groups is 1. The van der Waals surface area contributed by atoms with E-state index in [1.54, 1.807) is 42.5 Å². The maximum absolute atomic E-state index is 12.5. The Morgan fingerprint density at radius 3 is 2.65 bits per heavy atom. The fourth-order valence-electron chi connectivity index (χ4n) is 2.72. The van der Waals surface area contributed by atoms with Crippen LogP contribution in [0.15, 0.2) is 53.3 Å². The van der Waals surface area contributed by atoms with Crippen LogP contribution in [0.4, 0.5) is 5.95 Å². The molecule has 0 aliphatic rings. The lowest BCUT2D eigenvalue weighted by Crippen LogP contribution is -2.34. The Kier molecular flexibility index (Phi) is 5.17. The molecule has 0 spiro atoms. The Morgan fingerprint density at radius 2 is 1.88 bits per heavy atom. The lowest BCUT2D eigenvalue weighted by Gasteiger charge is -2.14. The lowest BCUT2D eigenvalue weighted by atomic mass is 10.1. The normalized spacial score (nSPS) is 10.7. The number of carbonyl (C=O) groups is 1. The fraction of sp³-hybridized carbons (Fsp3) is 0.211. The molecule has 26 heavy (non-hydrogen) atoms. The minimum Gasteiger partial charge on any atom is -0.508 e. The first-order valence-electron chi connectivity index (χ1n) is 8.41. The molecular formula is C19H20N4O3. The van der Waals surface area contributed by atoms with Crippen LogP contribution in [0.3, 0.4) is 0 Å². The molecule has 0 saturated carbocycles. The maximum atomic E-state index is 12.5. The summed E-state index contributed by atoms with van der Waals surface area (Å²) < 4.78 is 1.46. The number of hydrogen-bond donors (Lipinski definition) is 3. The summed E-state index contributed by atoms with van der Waals surface area (Å²) in [5.74, 6) is 0.190. The van der Waals surface area contributed by atoms with Crippen LogP contribution in [0.5, 0.6) is 5.75 Å². The Morgan fingerprint density at radius 1 is 1.15 bits per heavy atom. The van der Waals surface area contributed by atoms with Gasteiger partial charge in [0.05, 0.1) is 10.9 Å². The molecule has 0 atom stereocenters. The van der Waals surface area contributed by atoms with E-state index in [0.29, 0.717) is 29.4 Å². The van der Waals surface area contributed by atoms with Crippen molar-refractivity contribution in [3.63, 3.8) is 0 Å². The average Bonchev–Trinajstić information content (AvgIpc) is 2.66. The number of nitrogens with one attached hydrogen (secondary N) is 2. The molecule has 0 fully saturated rings. The smallest absolute Gasteiger partial charge is 0.262 e. The van der Waals surface area contributed by atoms with Crippen LogP contribution in [0.25, 0.3) is 10.9 Å². The van der Waals surface area contributed by atoms with Crippen molar-refractivity contribution >= 4 is 22.8 Å². The van der Waals surface area contributed by atoms with Crippen molar-refractivity contribution in [1.29, 1.82) is 0 Å². The number of amides is 1. The van der Waals surface area contributed by atoms with Crippen molar-refractivity contribution in [3.05, 3.63) is 64.4 Å². The highest BCUT2D eigenvalue weighted by atomic mass is 16.3. The summed E-state index contributed by atoms with van der Waals surface area (Å²) in [4.78, 5) is 29.0. The van der Waals surface area contributed by atoms with Gasteiger partial charge in [0.2, 0.25) is 11.9 Å². The number of anilines is 1. The van der Waals surface area contributed by atoms with Gasteiger partial charge >= 0.3 is 0 Å². The third-order valence-corrected chi connectivity index (χ3v) is 4.10. The number of aromatic nitrogens is 2. The summed E-state index contributed by atoms with van der Waals surface area (Å²) >= 11 is 0. The minimum atomic E-state index is -0.265. The predicted molar refractivity (Wildman–Crippen MR) is 99.9 cm³/mol. The quantitative estimate of drug-likeness (QED) is 0.591. The van der Waals surface area contributed by atoms with E-state index in [-0.39, 0.29) is 29.6 Å². The van der Waals surface area contributed by atoms with Crippen LogP contribution in [0.2, 0.25) is 0 Å². The zero-order chi connectivity index (χ0) is 18.5. The zero-order valence-corrected chi connectivity index (χ0v) is 14.4. The van der Waals surface area contributed by atoms with E-state index in [9.17, 15) is 14.7 Å². The molecule has 0 bridgehead atoms. The summed E-state index contributed by atoms with van der Waals surface area (Å²) in [6.45, 7) is 2.26. The summed E-state index contributed by atoms with van der Waals surface area (Å²) in [6, 6.07) is 14.0. The van der Waals surface area contributed by atoms with Crippen molar-refractivity contribution in [1.82, 2.24) is 15.0 Å². The minimum absolute atomic E-state index is 0.163. The molecule has 1 amide bonds. The molecule has 2 aromatic carbocycles. The van der Waals surface area contributed by atoms with Crippen LogP contribution in [0.1, 0.15) is 18.9 Å². The summed E-state index contributed by atoms with van der Waals surface area (Å²) in [6.07, 6.45) is 0.598. The van der Waals surface area contributed by atoms with E-state index < -0.39 is 0 Å². The lowest BCUT2D eigenvalue weighted by molar-refractivity contribution is -0.120. The van der Waals surface area contributed by atoms with Gasteiger partial charge in [0.1, 0.15) is 5.75 Å². The molecule has 7 heteroatoms. The van der Waals surface area contributed by atoms with Crippen molar-refractivity contribution < 1.29 is 9.90 Å². The largest absolute Gasteiger partial charge is 0.508 e. The van der Waals surface area contributed by atoms with Gasteiger partial charge in [-0.25, -0.2) is 4.98 Å². The van der Waals surface area contributed by atoms with Crippen molar-refractivity contribution in [2.45, 2.75) is 26.3 Å². The second-order valence-corrected chi connectivity index (χ2v) is 5.80. The van der Waals surface area contributed by atoms with Crippen molar-refractivity contribution in [2.24, 2.45) is 0 Å². The number of aryl methyl sites for hydroxylation is 1. The molecular weight excluding hydrogens is 332 g/mol. The number of hydrogen-bond acceptors (Lipinski definition) is 5. The van der Waals surface area contributed by atoms with Gasteiger partial charge in [-0.05, 0) is 37.1 Å². The van der Waals surface area contributed by atoms with Gasteiger partial charge in [-0.2, -0.15) is 0 Å². The third kappa shape index (κ3) is 3.66. The van der Waals surface area contributed by atoms with E-state index >= 15 is 0 Å². The van der Waals surface area contributed by atoms with Crippen molar-refractivity contribution in [3.8, 4) is 5.75 Å². The van der Waals surface area contributed by atoms with E-state index in [0.717, 1.165) is 0 Å². The van der Waals surface area contributed by atoms with Gasteiger partial charge in [0.25, 0.3) is 5.56 Å². The molecule has 0 aliphatic carbocycles. The highest BCUT2D eigenvalue weighted by Crippen LogP contribution is 2.17. The second-order valence-electron chi connectivity index (χ2n) is 5.80. The van der Waals surface area contributed by atoms with Crippen LogP contribution in [-0.4, -0.2) is 20.6 Å². The van der Waals surface area contributed by atoms with Gasteiger partial charge in [-0.15, -0.1) is 0 Å². The second kappa shape index (κ2) is 7.69. The maximum Gasteiger partial charge on any atom is 0.262 e. The molecule has 0 saturated heterocycles. The SMILES string of the molecule is CCn1c(NNC(=O)CCc2ccccc2O)nc2ccccc2c1=O. The molecule has 1 aromatic heterocycles.